The maximum absolute atomic E-state index is 13.0. The van der Waals surface area contributed by atoms with Gasteiger partial charge in [-0.1, -0.05) is 12.1 Å². The monoisotopic (exact) mass is 296 g/mol. The van der Waals surface area contributed by atoms with Gasteiger partial charge in [-0.2, -0.15) is 13.2 Å². The number of ether oxygens (including phenoxy) is 1. The Labute approximate surface area is 120 Å². The van der Waals surface area contributed by atoms with Crippen LogP contribution in [0.4, 0.5) is 13.2 Å². The normalized spacial score (nSPS) is 11.5. The van der Waals surface area contributed by atoms with Gasteiger partial charge in [0.15, 0.2) is 0 Å². The number of nitrogens with two attached hydrogens (primary N) is 1. The fourth-order valence-electron chi connectivity index (χ4n) is 1.87. The van der Waals surface area contributed by atoms with Crippen LogP contribution < -0.4 is 10.5 Å². The van der Waals surface area contributed by atoms with E-state index in [1.165, 1.54) is 12.1 Å². The molecule has 2 N–H and O–H groups in total. The molecule has 0 fully saturated rings. The van der Waals surface area contributed by atoms with Crippen LogP contribution in [0.1, 0.15) is 22.4 Å². The van der Waals surface area contributed by atoms with Crippen molar-refractivity contribution in [2.24, 2.45) is 5.73 Å². The van der Waals surface area contributed by atoms with E-state index in [0.29, 0.717) is 11.3 Å². The summed E-state index contributed by atoms with van der Waals surface area (Å²) >= 11 is 0. The summed E-state index contributed by atoms with van der Waals surface area (Å²) in [6.45, 7) is 1.86. The minimum Gasteiger partial charge on any atom is -0.487 e. The first-order valence-electron chi connectivity index (χ1n) is 6.35. The molecule has 1 aromatic heterocycles. The molecular formula is C15H15F3N2O. The first kappa shape index (κ1) is 15.3. The Morgan fingerprint density at radius 3 is 2.62 bits per heavy atom. The van der Waals surface area contributed by atoms with E-state index in [2.05, 4.69) is 4.98 Å². The zero-order valence-corrected chi connectivity index (χ0v) is 11.4. The summed E-state index contributed by atoms with van der Waals surface area (Å²) in [6.07, 6.45) is -2.91. The van der Waals surface area contributed by atoms with E-state index in [1.807, 2.05) is 13.0 Å². The molecule has 0 aliphatic carbocycles. The van der Waals surface area contributed by atoms with Crippen molar-refractivity contribution in [1.29, 1.82) is 0 Å². The first-order valence-corrected chi connectivity index (χ1v) is 6.35. The zero-order chi connectivity index (χ0) is 15.5. The number of rotatable bonds is 4. The number of nitrogens with zero attached hydrogens (tertiary/aromatic N) is 1. The number of aryl methyl sites for hydroxylation is 1. The van der Waals surface area contributed by atoms with Crippen molar-refractivity contribution < 1.29 is 17.9 Å². The van der Waals surface area contributed by atoms with Crippen LogP contribution >= 0.6 is 0 Å². The molecule has 0 aliphatic rings. The van der Waals surface area contributed by atoms with Crippen molar-refractivity contribution in [3.8, 4) is 5.75 Å². The second-order valence-corrected chi connectivity index (χ2v) is 4.59. The van der Waals surface area contributed by atoms with Crippen molar-refractivity contribution in [2.75, 3.05) is 0 Å². The van der Waals surface area contributed by atoms with Crippen LogP contribution in [0.25, 0.3) is 0 Å². The topological polar surface area (TPSA) is 48.1 Å². The summed E-state index contributed by atoms with van der Waals surface area (Å²) in [5, 5.41) is 0. The van der Waals surface area contributed by atoms with Crippen molar-refractivity contribution in [2.45, 2.75) is 26.3 Å². The molecule has 0 saturated heterocycles. The smallest absolute Gasteiger partial charge is 0.419 e. The van der Waals surface area contributed by atoms with E-state index in [9.17, 15) is 13.2 Å². The largest absolute Gasteiger partial charge is 0.487 e. The first-order chi connectivity index (χ1) is 9.91. The quantitative estimate of drug-likeness (QED) is 0.940. The number of halogens is 3. The summed E-state index contributed by atoms with van der Waals surface area (Å²) in [7, 11) is 0. The molecule has 0 bridgehead atoms. The minimum atomic E-state index is -4.49. The lowest BCUT2D eigenvalue weighted by molar-refractivity contribution is -0.139. The predicted octanol–water partition coefficient (Wildman–Crippen LogP) is 3.45. The molecule has 1 aromatic carbocycles. The van der Waals surface area contributed by atoms with Crippen molar-refractivity contribution in [3.05, 3.63) is 58.9 Å². The number of aromatic nitrogens is 1. The lowest BCUT2D eigenvalue weighted by atomic mass is 10.1. The van der Waals surface area contributed by atoms with Gasteiger partial charge in [-0.15, -0.1) is 0 Å². The van der Waals surface area contributed by atoms with Gasteiger partial charge in [-0.25, -0.2) is 0 Å². The van der Waals surface area contributed by atoms with Crippen LogP contribution in [-0.2, 0) is 19.3 Å². The Bertz CT molecular complexity index is 627. The summed E-state index contributed by atoms with van der Waals surface area (Å²) < 4.78 is 44.4. The van der Waals surface area contributed by atoms with Gasteiger partial charge in [0.05, 0.1) is 11.3 Å². The highest BCUT2D eigenvalue weighted by Crippen LogP contribution is 2.37. The van der Waals surface area contributed by atoms with Gasteiger partial charge in [0.2, 0.25) is 0 Å². The number of alkyl halides is 3. The fraction of sp³-hybridized carbons (Fsp3) is 0.267. The molecule has 3 nitrogen and oxygen atoms in total. The molecule has 2 aromatic rings. The number of hydrogen-bond donors (Lipinski definition) is 1. The standard InChI is InChI=1S/C15H15F3N2O/c1-10-3-2-6-20-13(10)9-21-14-5-4-11(8-19)7-12(14)15(16,17)18/h2-7H,8-9,19H2,1H3. The average molecular weight is 296 g/mol. The molecule has 0 radical (unpaired) electrons. The Hall–Kier alpha value is -2.08. The van der Waals surface area contributed by atoms with E-state index in [0.717, 1.165) is 11.6 Å². The Morgan fingerprint density at radius 1 is 1.24 bits per heavy atom. The van der Waals surface area contributed by atoms with E-state index in [-0.39, 0.29) is 18.9 Å². The van der Waals surface area contributed by atoms with Crippen LogP contribution in [-0.4, -0.2) is 4.98 Å². The second kappa shape index (κ2) is 6.13. The van der Waals surface area contributed by atoms with Gasteiger partial charge in [-0.05, 0) is 36.2 Å². The molecule has 0 unspecified atom stereocenters. The van der Waals surface area contributed by atoms with Crippen molar-refractivity contribution in [1.82, 2.24) is 4.98 Å². The maximum atomic E-state index is 13.0. The SMILES string of the molecule is Cc1cccnc1COc1ccc(CN)cc1C(F)(F)F. The third-order valence-electron chi connectivity index (χ3n) is 3.07. The van der Waals surface area contributed by atoms with E-state index < -0.39 is 11.7 Å². The number of benzene rings is 1. The van der Waals surface area contributed by atoms with E-state index in [1.54, 1.807) is 12.3 Å². The van der Waals surface area contributed by atoms with Crippen molar-refractivity contribution in [3.63, 3.8) is 0 Å². The zero-order valence-electron chi connectivity index (χ0n) is 11.4. The van der Waals surface area contributed by atoms with Crippen LogP contribution in [0.5, 0.6) is 5.75 Å². The molecule has 2 rings (SSSR count). The summed E-state index contributed by atoms with van der Waals surface area (Å²) in [5.41, 5.74) is 6.44. The molecule has 0 atom stereocenters. The van der Waals surface area contributed by atoms with Crippen LogP contribution in [0.3, 0.4) is 0 Å². The highest BCUT2D eigenvalue weighted by molar-refractivity contribution is 5.39. The summed E-state index contributed by atoms with van der Waals surface area (Å²) in [6, 6.07) is 7.42. The molecule has 0 amide bonds. The number of hydrogen-bond acceptors (Lipinski definition) is 3. The van der Waals surface area contributed by atoms with E-state index >= 15 is 0 Å². The number of pyridine rings is 1. The van der Waals surface area contributed by atoms with Gasteiger partial charge in [-0.3, -0.25) is 4.98 Å². The van der Waals surface area contributed by atoms with Crippen molar-refractivity contribution >= 4 is 0 Å². The molecule has 0 spiro atoms. The molecule has 1 heterocycles. The third-order valence-corrected chi connectivity index (χ3v) is 3.07. The van der Waals surface area contributed by atoms with Crippen LogP contribution in [0.15, 0.2) is 36.5 Å². The molecule has 6 heteroatoms. The summed E-state index contributed by atoms with van der Waals surface area (Å²) in [4.78, 5) is 4.09. The maximum Gasteiger partial charge on any atom is 0.419 e. The van der Waals surface area contributed by atoms with Gasteiger partial charge in [0.25, 0.3) is 0 Å². The minimum absolute atomic E-state index is 0.0161. The summed E-state index contributed by atoms with van der Waals surface area (Å²) in [5.74, 6) is -0.218. The van der Waals surface area contributed by atoms with Gasteiger partial charge >= 0.3 is 6.18 Å². The lowest BCUT2D eigenvalue weighted by Gasteiger charge is -2.15. The third kappa shape index (κ3) is 3.72. The molecule has 112 valence electrons. The highest BCUT2D eigenvalue weighted by Gasteiger charge is 2.34. The molecule has 0 aliphatic heterocycles. The fourth-order valence-corrected chi connectivity index (χ4v) is 1.87. The van der Waals surface area contributed by atoms with Gasteiger partial charge in [0, 0.05) is 12.7 Å². The lowest BCUT2D eigenvalue weighted by Crippen LogP contribution is -2.11. The Morgan fingerprint density at radius 2 is 2.00 bits per heavy atom. The van der Waals surface area contributed by atoms with Crippen LogP contribution in [0.2, 0.25) is 0 Å². The molecular weight excluding hydrogens is 281 g/mol. The van der Waals surface area contributed by atoms with E-state index in [4.69, 9.17) is 10.5 Å². The Balaban J connectivity index is 2.26. The Kier molecular flexibility index (Phi) is 4.47. The highest BCUT2D eigenvalue weighted by atomic mass is 19.4. The predicted molar refractivity (Wildman–Crippen MR) is 72.6 cm³/mol. The van der Waals surface area contributed by atoms with Crippen LogP contribution in [0, 0.1) is 6.92 Å². The van der Waals surface area contributed by atoms with Gasteiger partial charge < -0.3 is 10.5 Å². The molecule has 21 heavy (non-hydrogen) atoms. The average Bonchev–Trinajstić information content (AvgIpc) is 2.45. The molecule has 0 saturated carbocycles. The second-order valence-electron chi connectivity index (χ2n) is 4.59. The van der Waals surface area contributed by atoms with Gasteiger partial charge in [0.1, 0.15) is 12.4 Å².